The Morgan fingerprint density at radius 1 is 0.909 bits per heavy atom. The number of rotatable bonds is 12. The molecule has 0 amide bonds. The molecule has 0 saturated carbocycles. The molecule has 0 bridgehead atoms. The van der Waals surface area contributed by atoms with Crippen LogP contribution in [0.1, 0.15) is 99.3 Å². The van der Waals surface area contributed by atoms with Gasteiger partial charge in [0.2, 0.25) is 0 Å². The fourth-order valence-corrected chi connectivity index (χ4v) is 2.95. The van der Waals surface area contributed by atoms with Gasteiger partial charge in [0, 0.05) is 6.42 Å². The molecule has 0 aliphatic heterocycles. The fraction of sp³-hybridized carbons (Fsp3) is 0.950. The molecular formula is C20H40O2. The highest BCUT2D eigenvalue weighted by Crippen LogP contribution is 2.25. The molecule has 132 valence electrons. The molecule has 0 rings (SSSR count). The van der Waals surface area contributed by atoms with Crippen molar-refractivity contribution in [2.75, 3.05) is 6.61 Å². The van der Waals surface area contributed by atoms with E-state index in [1.165, 1.54) is 32.1 Å². The van der Waals surface area contributed by atoms with Gasteiger partial charge in [-0.2, -0.15) is 0 Å². The molecule has 1 unspecified atom stereocenters. The van der Waals surface area contributed by atoms with Crippen molar-refractivity contribution in [3.63, 3.8) is 0 Å². The molecule has 0 radical (unpaired) electrons. The molecule has 0 aliphatic carbocycles. The summed E-state index contributed by atoms with van der Waals surface area (Å²) in [6, 6.07) is 0. The van der Waals surface area contributed by atoms with Gasteiger partial charge in [-0.25, -0.2) is 0 Å². The SMILES string of the molecule is CC(C)CCCCCCCC(=O)OCCC(C)CC(C)(C)C. The molecular weight excluding hydrogens is 272 g/mol. The minimum absolute atomic E-state index is 0.00913. The second-order valence-electron chi connectivity index (χ2n) is 8.58. The van der Waals surface area contributed by atoms with E-state index in [1.807, 2.05) is 0 Å². The maximum atomic E-state index is 11.7. The Morgan fingerprint density at radius 2 is 1.50 bits per heavy atom. The largest absolute Gasteiger partial charge is 0.466 e. The Balaban J connectivity index is 3.43. The average molecular weight is 313 g/mol. The first kappa shape index (κ1) is 21.5. The monoisotopic (exact) mass is 312 g/mol. The van der Waals surface area contributed by atoms with Gasteiger partial charge in [-0.1, -0.05) is 73.6 Å². The van der Waals surface area contributed by atoms with Crippen LogP contribution in [0, 0.1) is 17.3 Å². The molecule has 0 saturated heterocycles. The van der Waals surface area contributed by atoms with Crippen LogP contribution in [0.25, 0.3) is 0 Å². The maximum Gasteiger partial charge on any atom is 0.305 e. The van der Waals surface area contributed by atoms with E-state index in [-0.39, 0.29) is 5.97 Å². The smallest absolute Gasteiger partial charge is 0.305 e. The molecule has 0 aromatic heterocycles. The molecule has 0 N–H and O–H groups in total. The lowest BCUT2D eigenvalue weighted by atomic mass is 9.84. The standard InChI is InChI=1S/C20H40O2/c1-17(2)12-10-8-7-9-11-13-19(21)22-15-14-18(3)16-20(4,5)6/h17-18H,7-16H2,1-6H3. The van der Waals surface area contributed by atoms with Crippen molar-refractivity contribution in [2.24, 2.45) is 17.3 Å². The van der Waals surface area contributed by atoms with Crippen LogP contribution in [0.3, 0.4) is 0 Å². The number of esters is 1. The van der Waals surface area contributed by atoms with Gasteiger partial charge >= 0.3 is 5.97 Å². The minimum atomic E-state index is -0.00913. The molecule has 0 aromatic rings. The van der Waals surface area contributed by atoms with Crippen molar-refractivity contribution >= 4 is 5.97 Å². The van der Waals surface area contributed by atoms with Gasteiger partial charge in [-0.15, -0.1) is 0 Å². The van der Waals surface area contributed by atoms with Crippen molar-refractivity contribution in [3.8, 4) is 0 Å². The van der Waals surface area contributed by atoms with Crippen molar-refractivity contribution in [1.82, 2.24) is 0 Å². The normalized spacial score (nSPS) is 13.4. The van der Waals surface area contributed by atoms with Gasteiger partial charge in [0.05, 0.1) is 6.61 Å². The lowest BCUT2D eigenvalue weighted by Crippen LogP contribution is -2.14. The number of carbonyl (C=O) groups is 1. The summed E-state index contributed by atoms with van der Waals surface area (Å²) in [4.78, 5) is 11.7. The van der Waals surface area contributed by atoms with E-state index in [0.717, 1.165) is 25.2 Å². The lowest BCUT2D eigenvalue weighted by molar-refractivity contribution is -0.144. The third kappa shape index (κ3) is 15.9. The van der Waals surface area contributed by atoms with E-state index in [9.17, 15) is 4.79 Å². The number of hydrogen-bond donors (Lipinski definition) is 0. The first-order chi connectivity index (χ1) is 10.2. The number of unbranched alkanes of at least 4 members (excludes halogenated alkanes) is 4. The van der Waals surface area contributed by atoms with Gasteiger partial charge in [-0.3, -0.25) is 4.79 Å². The average Bonchev–Trinajstić information content (AvgIpc) is 2.35. The number of hydrogen-bond acceptors (Lipinski definition) is 2. The Kier molecular flexibility index (Phi) is 11.7. The van der Waals surface area contributed by atoms with Crippen LogP contribution in [0.4, 0.5) is 0 Å². The second kappa shape index (κ2) is 12.0. The van der Waals surface area contributed by atoms with Gasteiger partial charge < -0.3 is 4.74 Å². The van der Waals surface area contributed by atoms with Crippen molar-refractivity contribution in [1.29, 1.82) is 0 Å². The molecule has 1 atom stereocenters. The highest BCUT2D eigenvalue weighted by Gasteiger charge is 2.15. The number of ether oxygens (including phenoxy) is 1. The molecule has 0 fully saturated rings. The summed E-state index contributed by atoms with van der Waals surface area (Å²) in [5.74, 6) is 1.43. The summed E-state index contributed by atoms with van der Waals surface area (Å²) in [5.41, 5.74) is 0.360. The van der Waals surface area contributed by atoms with Crippen LogP contribution in [0.15, 0.2) is 0 Å². The third-order valence-electron chi connectivity index (χ3n) is 4.00. The Morgan fingerprint density at radius 3 is 2.09 bits per heavy atom. The molecule has 0 aromatic carbocycles. The van der Waals surface area contributed by atoms with Crippen LogP contribution in [-0.2, 0) is 9.53 Å². The predicted octanol–water partition coefficient (Wildman–Crippen LogP) is 6.38. The first-order valence-electron chi connectivity index (χ1n) is 9.36. The van der Waals surface area contributed by atoms with E-state index in [4.69, 9.17) is 4.74 Å². The summed E-state index contributed by atoms with van der Waals surface area (Å²) in [7, 11) is 0. The lowest BCUT2D eigenvalue weighted by Gasteiger charge is -2.22. The number of carbonyl (C=O) groups excluding carboxylic acids is 1. The summed E-state index contributed by atoms with van der Waals surface area (Å²) in [6.45, 7) is 14.2. The van der Waals surface area contributed by atoms with Crippen LogP contribution < -0.4 is 0 Å². The van der Waals surface area contributed by atoms with Gasteiger partial charge in [0.15, 0.2) is 0 Å². The van der Waals surface area contributed by atoms with Crippen molar-refractivity contribution in [3.05, 3.63) is 0 Å². The van der Waals surface area contributed by atoms with Crippen molar-refractivity contribution in [2.45, 2.75) is 99.3 Å². The van der Waals surface area contributed by atoms with Crippen LogP contribution >= 0.6 is 0 Å². The molecule has 22 heavy (non-hydrogen) atoms. The zero-order valence-corrected chi connectivity index (χ0v) is 16.0. The van der Waals surface area contributed by atoms with E-state index in [0.29, 0.717) is 24.4 Å². The zero-order chi connectivity index (χ0) is 17.0. The second-order valence-corrected chi connectivity index (χ2v) is 8.58. The van der Waals surface area contributed by atoms with Gasteiger partial charge in [0.25, 0.3) is 0 Å². The van der Waals surface area contributed by atoms with Gasteiger partial charge in [-0.05, 0) is 36.5 Å². The summed E-state index contributed by atoms with van der Waals surface area (Å²) in [5, 5.41) is 0. The molecule has 2 nitrogen and oxygen atoms in total. The minimum Gasteiger partial charge on any atom is -0.466 e. The third-order valence-corrected chi connectivity index (χ3v) is 4.00. The van der Waals surface area contributed by atoms with E-state index in [1.54, 1.807) is 0 Å². The zero-order valence-electron chi connectivity index (χ0n) is 16.0. The van der Waals surface area contributed by atoms with Crippen LogP contribution in [0.5, 0.6) is 0 Å². The van der Waals surface area contributed by atoms with Gasteiger partial charge in [0.1, 0.15) is 0 Å². The first-order valence-corrected chi connectivity index (χ1v) is 9.36. The summed E-state index contributed by atoms with van der Waals surface area (Å²) in [6.07, 6.45) is 10.1. The van der Waals surface area contributed by atoms with E-state index < -0.39 is 0 Å². The van der Waals surface area contributed by atoms with E-state index in [2.05, 4.69) is 41.5 Å². The van der Waals surface area contributed by atoms with Crippen molar-refractivity contribution < 1.29 is 9.53 Å². The Labute approximate surface area is 139 Å². The maximum absolute atomic E-state index is 11.7. The molecule has 0 spiro atoms. The highest BCUT2D eigenvalue weighted by molar-refractivity contribution is 5.69. The molecule has 0 aliphatic rings. The van der Waals surface area contributed by atoms with E-state index >= 15 is 0 Å². The summed E-state index contributed by atoms with van der Waals surface area (Å²) < 4.78 is 5.35. The molecule has 0 heterocycles. The predicted molar refractivity (Wildman–Crippen MR) is 96.0 cm³/mol. The Hall–Kier alpha value is -0.530. The summed E-state index contributed by atoms with van der Waals surface area (Å²) >= 11 is 0. The topological polar surface area (TPSA) is 26.3 Å². The van der Waals surface area contributed by atoms with Crippen LogP contribution in [0.2, 0.25) is 0 Å². The van der Waals surface area contributed by atoms with Crippen LogP contribution in [-0.4, -0.2) is 12.6 Å². The quantitative estimate of drug-likeness (QED) is 0.309. The highest BCUT2D eigenvalue weighted by atomic mass is 16.5. The Bertz CT molecular complexity index is 276. The molecule has 2 heteroatoms. The fourth-order valence-electron chi connectivity index (χ4n) is 2.95.